The van der Waals surface area contributed by atoms with Crippen LogP contribution in [-0.2, 0) is 25.7 Å². The molecule has 1 aromatic heterocycles. The zero-order valence-electron chi connectivity index (χ0n) is 21.1. The second-order valence-corrected chi connectivity index (χ2v) is 11.2. The molecule has 194 valence electrons. The van der Waals surface area contributed by atoms with E-state index >= 15 is 0 Å². The van der Waals surface area contributed by atoms with Crippen molar-refractivity contribution in [2.45, 2.75) is 58.8 Å². The Kier molecular flexibility index (Phi) is 7.77. The molecule has 2 aliphatic heterocycles. The van der Waals surface area contributed by atoms with Crippen molar-refractivity contribution >= 4 is 29.1 Å². The standard InChI is InChI=1S/C26H34N4O5S/c1-15(2)21(29-25(34)26(4)12-35-13-26)24(33)30-11-19(31)9-20(30)23(32)27-10-17-5-7-18(8-6-17)22-16(3)28-14-36-22/h5-8,14-15,19-21,31H,9-13H2,1-4H3,(H,27,32)(H,29,34)/t19-,20+,21+/m1/s1. The third kappa shape index (κ3) is 5.45. The van der Waals surface area contributed by atoms with Crippen molar-refractivity contribution in [3.63, 3.8) is 0 Å². The predicted octanol–water partition coefficient (Wildman–Crippen LogP) is 1.87. The Bertz CT molecular complexity index is 1110. The molecule has 1 aromatic carbocycles. The van der Waals surface area contributed by atoms with Gasteiger partial charge in [0.15, 0.2) is 0 Å². The zero-order chi connectivity index (χ0) is 26.0. The number of carbonyl (C=O) groups excluding carboxylic acids is 3. The Morgan fingerprint density at radius 1 is 1.25 bits per heavy atom. The van der Waals surface area contributed by atoms with Crippen LogP contribution < -0.4 is 10.6 Å². The summed E-state index contributed by atoms with van der Waals surface area (Å²) < 4.78 is 5.17. The molecule has 2 fully saturated rings. The number of benzene rings is 1. The molecular weight excluding hydrogens is 480 g/mol. The number of hydrogen-bond acceptors (Lipinski definition) is 7. The van der Waals surface area contributed by atoms with E-state index in [1.807, 2.05) is 50.5 Å². The minimum Gasteiger partial charge on any atom is -0.391 e. The van der Waals surface area contributed by atoms with E-state index in [1.165, 1.54) is 4.90 Å². The van der Waals surface area contributed by atoms with Crippen molar-refractivity contribution < 1.29 is 24.2 Å². The van der Waals surface area contributed by atoms with Gasteiger partial charge in [-0.2, -0.15) is 0 Å². The van der Waals surface area contributed by atoms with Gasteiger partial charge in [-0.25, -0.2) is 4.98 Å². The van der Waals surface area contributed by atoms with Crippen LogP contribution in [0.2, 0.25) is 0 Å². The molecule has 0 radical (unpaired) electrons. The topological polar surface area (TPSA) is 121 Å². The monoisotopic (exact) mass is 514 g/mol. The van der Waals surface area contributed by atoms with Gasteiger partial charge in [0.25, 0.3) is 0 Å². The second kappa shape index (κ2) is 10.7. The molecule has 0 saturated carbocycles. The summed E-state index contributed by atoms with van der Waals surface area (Å²) in [6, 6.07) is 6.32. The summed E-state index contributed by atoms with van der Waals surface area (Å²) in [6.07, 6.45) is -0.640. The number of thiazole rings is 1. The molecular formula is C26H34N4O5S. The number of β-amino-alcohol motifs (C(OH)–C–C–N with tert-alkyl or cyclic N) is 1. The number of ether oxygens (including phenoxy) is 1. The zero-order valence-corrected chi connectivity index (χ0v) is 21.9. The molecule has 2 aromatic rings. The maximum absolute atomic E-state index is 13.5. The number of aryl methyl sites for hydroxylation is 1. The molecule has 3 heterocycles. The van der Waals surface area contributed by atoms with Gasteiger partial charge < -0.3 is 25.4 Å². The van der Waals surface area contributed by atoms with Crippen LogP contribution in [0.15, 0.2) is 29.8 Å². The molecule has 0 bridgehead atoms. The first kappa shape index (κ1) is 26.2. The van der Waals surface area contributed by atoms with Crippen molar-refractivity contribution in [1.29, 1.82) is 0 Å². The van der Waals surface area contributed by atoms with Crippen molar-refractivity contribution in [3.8, 4) is 10.4 Å². The van der Waals surface area contributed by atoms with Crippen LogP contribution in [0.5, 0.6) is 0 Å². The average molecular weight is 515 g/mol. The maximum Gasteiger partial charge on any atom is 0.246 e. The number of aliphatic hydroxyl groups excluding tert-OH is 1. The van der Waals surface area contributed by atoms with Gasteiger partial charge in [0.1, 0.15) is 12.1 Å². The Morgan fingerprint density at radius 3 is 2.50 bits per heavy atom. The summed E-state index contributed by atoms with van der Waals surface area (Å²) in [5, 5.41) is 16.1. The quantitative estimate of drug-likeness (QED) is 0.495. The molecule has 3 N–H and O–H groups in total. The number of carbonyl (C=O) groups is 3. The normalized spacial score (nSPS) is 21.7. The van der Waals surface area contributed by atoms with E-state index in [2.05, 4.69) is 15.6 Å². The van der Waals surface area contributed by atoms with E-state index in [1.54, 1.807) is 18.3 Å². The Labute approximate surface area is 215 Å². The third-order valence-electron chi connectivity index (χ3n) is 6.90. The third-order valence-corrected chi connectivity index (χ3v) is 7.88. The number of rotatable bonds is 8. The number of nitrogens with zero attached hydrogens (tertiary/aromatic N) is 2. The molecule has 3 atom stereocenters. The molecule has 4 rings (SSSR count). The fourth-order valence-corrected chi connectivity index (χ4v) is 5.32. The van der Waals surface area contributed by atoms with Gasteiger partial charge in [-0.05, 0) is 30.9 Å². The van der Waals surface area contributed by atoms with Crippen LogP contribution in [0.4, 0.5) is 0 Å². The van der Waals surface area contributed by atoms with Crippen LogP contribution in [0.3, 0.4) is 0 Å². The molecule has 10 heteroatoms. The lowest BCUT2D eigenvalue weighted by Crippen LogP contribution is -2.60. The Balaban J connectivity index is 1.39. The smallest absolute Gasteiger partial charge is 0.246 e. The first-order chi connectivity index (χ1) is 17.1. The number of aliphatic hydroxyl groups is 1. The van der Waals surface area contributed by atoms with E-state index in [0.29, 0.717) is 19.8 Å². The average Bonchev–Trinajstić information content (AvgIpc) is 3.44. The maximum atomic E-state index is 13.5. The summed E-state index contributed by atoms with van der Waals surface area (Å²) in [5.41, 5.74) is 4.15. The van der Waals surface area contributed by atoms with Gasteiger partial charge in [-0.15, -0.1) is 11.3 Å². The second-order valence-electron chi connectivity index (χ2n) is 10.3. The summed E-state index contributed by atoms with van der Waals surface area (Å²) in [5.74, 6) is -1.11. The largest absolute Gasteiger partial charge is 0.391 e. The van der Waals surface area contributed by atoms with Gasteiger partial charge >= 0.3 is 0 Å². The highest BCUT2D eigenvalue weighted by Crippen LogP contribution is 2.29. The van der Waals surface area contributed by atoms with Crippen LogP contribution in [0.25, 0.3) is 10.4 Å². The minimum absolute atomic E-state index is 0.0548. The Hall–Kier alpha value is -2.82. The lowest BCUT2D eigenvalue weighted by Gasteiger charge is -2.38. The van der Waals surface area contributed by atoms with Crippen LogP contribution in [0, 0.1) is 18.3 Å². The van der Waals surface area contributed by atoms with Crippen molar-refractivity contribution in [2.24, 2.45) is 11.3 Å². The molecule has 9 nitrogen and oxygen atoms in total. The molecule has 36 heavy (non-hydrogen) atoms. The number of likely N-dealkylation sites (tertiary alicyclic amines) is 1. The van der Waals surface area contributed by atoms with E-state index in [9.17, 15) is 19.5 Å². The molecule has 2 aliphatic rings. The lowest BCUT2D eigenvalue weighted by atomic mass is 9.86. The molecule has 3 amide bonds. The molecule has 2 saturated heterocycles. The summed E-state index contributed by atoms with van der Waals surface area (Å²) >= 11 is 1.59. The highest BCUT2D eigenvalue weighted by molar-refractivity contribution is 7.13. The molecule has 0 aliphatic carbocycles. The van der Waals surface area contributed by atoms with Gasteiger partial charge in [0.2, 0.25) is 17.7 Å². The van der Waals surface area contributed by atoms with Gasteiger partial charge in [-0.3, -0.25) is 14.4 Å². The predicted molar refractivity (Wildman–Crippen MR) is 136 cm³/mol. The summed E-state index contributed by atoms with van der Waals surface area (Å²) in [7, 11) is 0. The fraction of sp³-hybridized carbons (Fsp3) is 0.538. The molecule has 0 spiro atoms. The number of hydrogen-bond donors (Lipinski definition) is 3. The van der Waals surface area contributed by atoms with Crippen molar-refractivity contribution in [3.05, 3.63) is 41.0 Å². The number of aromatic nitrogens is 1. The minimum atomic E-state index is -0.799. The number of nitrogens with one attached hydrogen (secondary N) is 2. The first-order valence-electron chi connectivity index (χ1n) is 12.2. The highest BCUT2D eigenvalue weighted by atomic mass is 32.1. The Morgan fingerprint density at radius 2 is 1.94 bits per heavy atom. The van der Waals surface area contributed by atoms with Crippen LogP contribution in [-0.4, -0.2) is 70.7 Å². The van der Waals surface area contributed by atoms with E-state index in [-0.39, 0.29) is 36.6 Å². The van der Waals surface area contributed by atoms with E-state index in [0.717, 1.165) is 21.7 Å². The van der Waals surface area contributed by atoms with Gasteiger partial charge in [0, 0.05) is 19.5 Å². The first-order valence-corrected chi connectivity index (χ1v) is 13.1. The van der Waals surface area contributed by atoms with Crippen molar-refractivity contribution in [1.82, 2.24) is 20.5 Å². The SMILES string of the molecule is Cc1ncsc1-c1ccc(CNC(=O)[C@@H]2C[C@@H](O)CN2C(=O)[C@@H](NC(=O)C2(C)COC2)C(C)C)cc1. The van der Waals surface area contributed by atoms with Crippen LogP contribution >= 0.6 is 11.3 Å². The van der Waals surface area contributed by atoms with Gasteiger partial charge in [0.05, 0.1) is 40.8 Å². The van der Waals surface area contributed by atoms with Crippen molar-refractivity contribution in [2.75, 3.05) is 19.8 Å². The highest BCUT2D eigenvalue weighted by Gasteiger charge is 2.45. The summed E-state index contributed by atoms with van der Waals surface area (Å²) in [6.45, 7) is 8.46. The van der Waals surface area contributed by atoms with E-state index < -0.39 is 23.6 Å². The summed E-state index contributed by atoms with van der Waals surface area (Å²) in [4.78, 5) is 46.1. The van der Waals surface area contributed by atoms with E-state index in [4.69, 9.17) is 4.74 Å². The lowest BCUT2D eigenvalue weighted by molar-refractivity contribution is -0.160. The fourth-order valence-electron chi connectivity index (χ4n) is 4.51. The molecule has 0 unspecified atom stereocenters. The van der Waals surface area contributed by atoms with Gasteiger partial charge in [-0.1, -0.05) is 38.1 Å². The number of amides is 3. The van der Waals surface area contributed by atoms with Crippen LogP contribution in [0.1, 0.15) is 38.4 Å².